The van der Waals surface area contributed by atoms with Gasteiger partial charge in [-0.05, 0) is 31.0 Å². The van der Waals surface area contributed by atoms with Crippen molar-refractivity contribution in [3.05, 3.63) is 23.8 Å². The van der Waals surface area contributed by atoms with E-state index >= 15 is 0 Å². The fourth-order valence-electron chi connectivity index (χ4n) is 3.26. The van der Waals surface area contributed by atoms with Gasteiger partial charge in [0, 0.05) is 6.54 Å². The Bertz CT molecular complexity index is 881. The number of aromatic nitrogens is 1. The van der Waals surface area contributed by atoms with Crippen LogP contribution in [0.5, 0.6) is 0 Å². The molecule has 2 fully saturated rings. The van der Waals surface area contributed by atoms with E-state index in [1.54, 1.807) is 0 Å². The highest BCUT2D eigenvalue weighted by Crippen LogP contribution is 2.36. The zero-order valence-corrected chi connectivity index (χ0v) is 13.6. The first kappa shape index (κ1) is 16.1. The lowest BCUT2D eigenvalue weighted by molar-refractivity contribution is -0.137. The molecule has 2 saturated heterocycles. The number of piperidine rings is 1. The van der Waals surface area contributed by atoms with Gasteiger partial charge in [-0.1, -0.05) is 11.3 Å². The Hall–Kier alpha value is -2.36. The molecule has 3 amide bonds. The van der Waals surface area contributed by atoms with E-state index in [-0.39, 0.29) is 18.0 Å². The Kier molecular flexibility index (Phi) is 3.43. The summed E-state index contributed by atoms with van der Waals surface area (Å²) in [5, 5.41) is 5.45. The predicted molar refractivity (Wildman–Crippen MR) is 85.5 cm³/mol. The number of carbonyl (C=O) groups excluding carboxylic acids is 2. The van der Waals surface area contributed by atoms with E-state index in [2.05, 4.69) is 15.6 Å². The maximum atomic E-state index is 12.8. The van der Waals surface area contributed by atoms with Gasteiger partial charge >= 0.3 is 12.2 Å². The lowest BCUT2D eigenvalue weighted by Crippen LogP contribution is -2.58. The van der Waals surface area contributed by atoms with E-state index in [0.29, 0.717) is 29.2 Å². The summed E-state index contributed by atoms with van der Waals surface area (Å²) < 4.78 is 39.2. The zero-order valence-electron chi connectivity index (χ0n) is 12.8. The molecule has 1 unspecified atom stereocenters. The smallest absolute Gasteiger partial charge is 0.345 e. The Labute approximate surface area is 144 Å². The van der Waals surface area contributed by atoms with Gasteiger partial charge in [-0.15, -0.1) is 0 Å². The topological polar surface area (TPSA) is 74.3 Å². The first-order valence-corrected chi connectivity index (χ1v) is 8.45. The monoisotopic (exact) mass is 370 g/mol. The summed E-state index contributed by atoms with van der Waals surface area (Å²) in [5.74, 6) is -0.373. The first-order valence-electron chi connectivity index (χ1n) is 7.63. The summed E-state index contributed by atoms with van der Waals surface area (Å²) in [5.41, 5.74) is -1.46. The Morgan fingerprint density at radius 3 is 2.76 bits per heavy atom. The molecular formula is C15H13F3N4O2S. The Balaban J connectivity index is 1.65. The molecule has 2 aromatic rings. The Morgan fingerprint density at radius 2 is 2.08 bits per heavy atom. The number of urea groups is 1. The van der Waals surface area contributed by atoms with Crippen molar-refractivity contribution in [2.45, 2.75) is 24.6 Å². The molecule has 1 aromatic heterocycles. The summed E-state index contributed by atoms with van der Waals surface area (Å²) >= 11 is 1.27. The molecule has 0 radical (unpaired) electrons. The van der Waals surface area contributed by atoms with Gasteiger partial charge in [0.1, 0.15) is 5.54 Å². The fraction of sp³-hybridized carbons (Fsp3) is 0.400. The van der Waals surface area contributed by atoms with Crippen LogP contribution in [0.1, 0.15) is 18.4 Å². The van der Waals surface area contributed by atoms with Crippen LogP contribution < -0.4 is 15.5 Å². The highest BCUT2D eigenvalue weighted by atomic mass is 32.1. The van der Waals surface area contributed by atoms with E-state index < -0.39 is 23.3 Å². The van der Waals surface area contributed by atoms with Crippen LogP contribution in [0.15, 0.2) is 18.2 Å². The van der Waals surface area contributed by atoms with Crippen molar-refractivity contribution in [2.24, 2.45) is 0 Å². The van der Waals surface area contributed by atoms with E-state index in [4.69, 9.17) is 0 Å². The number of anilines is 1. The number of benzene rings is 1. The van der Waals surface area contributed by atoms with Crippen molar-refractivity contribution in [2.75, 3.05) is 18.0 Å². The van der Waals surface area contributed by atoms with Crippen molar-refractivity contribution < 1.29 is 22.8 Å². The minimum atomic E-state index is -4.42. The number of nitrogens with one attached hydrogen (secondary N) is 2. The molecule has 132 valence electrons. The van der Waals surface area contributed by atoms with Crippen LogP contribution in [0.3, 0.4) is 0 Å². The largest absolute Gasteiger partial charge is 0.416 e. The molecule has 3 heterocycles. The standard InChI is InChI=1S/C15H13F3N4O2S/c16-15(17,18)8-2-3-10-9(6-8)19-13(25-10)22-5-1-4-14(7-22)11(23)20-12(24)21-14/h2-3,6H,1,4-5,7H2,(H2,20,21,23,24). The summed E-state index contributed by atoms with van der Waals surface area (Å²) in [6, 6.07) is 2.94. The van der Waals surface area contributed by atoms with Crippen molar-refractivity contribution in [3.63, 3.8) is 0 Å². The average molecular weight is 370 g/mol. The van der Waals surface area contributed by atoms with E-state index in [1.165, 1.54) is 17.4 Å². The number of rotatable bonds is 1. The van der Waals surface area contributed by atoms with Gasteiger partial charge in [0.15, 0.2) is 5.13 Å². The van der Waals surface area contributed by atoms with Crippen molar-refractivity contribution in [3.8, 4) is 0 Å². The second-order valence-electron chi connectivity index (χ2n) is 6.19. The van der Waals surface area contributed by atoms with Gasteiger partial charge in [-0.3, -0.25) is 10.1 Å². The van der Waals surface area contributed by atoms with Gasteiger partial charge in [-0.2, -0.15) is 13.2 Å². The number of thiazole rings is 1. The lowest BCUT2D eigenvalue weighted by atomic mass is 9.89. The number of alkyl halides is 3. The van der Waals surface area contributed by atoms with Crippen LogP contribution in [-0.4, -0.2) is 35.6 Å². The molecule has 0 aliphatic carbocycles. The van der Waals surface area contributed by atoms with E-state index in [0.717, 1.165) is 12.1 Å². The summed E-state index contributed by atoms with van der Waals surface area (Å²) in [4.78, 5) is 29.7. The number of carbonyl (C=O) groups is 2. The maximum Gasteiger partial charge on any atom is 0.416 e. The number of fused-ring (bicyclic) bond motifs is 1. The van der Waals surface area contributed by atoms with Crippen LogP contribution in [0, 0.1) is 0 Å². The molecule has 1 aromatic carbocycles. The van der Waals surface area contributed by atoms with E-state index in [9.17, 15) is 22.8 Å². The lowest BCUT2D eigenvalue weighted by Gasteiger charge is -2.37. The third-order valence-electron chi connectivity index (χ3n) is 4.48. The van der Waals surface area contributed by atoms with Gasteiger partial charge in [0.2, 0.25) is 0 Å². The molecule has 0 saturated carbocycles. The van der Waals surface area contributed by atoms with Crippen molar-refractivity contribution in [1.29, 1.82) is 0 Å². The number of amides is 3. The highest BCUT2D eigenvalue weighted by molar-refractivity contribution is 7.22. The number of hydrogen-bond acceptors (Lipinski definition) is 5. The molecule has 6 nitrogen and oxygen atoms in total. The highest BCUT2D eigenvalue weighted by Gasteiger charge is 2.49. The molecule has 1 spiro atoms. The summed E-state index contributed by atoms with van der Waals surface area (Å²) in [6.45, 7) is 0.868. The molecular weight excluding hydrogens is 357 g/mol. The van der Waals surface area contributed by atoms with Gasteiger partial charge in [-0.25, -0.2) is 9.78 Å². The molecule has 0 bridgehead atoms. The molecule has 25 heavy (non-hydrogen) atoms. The second kappa shape index (κ2) is 5.32. The molecule has 2 aliphatic rings. The van der Waals surface area contributed by atoms with Crippen molar-refractivity contribution in [1.82, 2.24) is 15.6 Å². The molecule has 2 aliphatic heterocycles. The number of nitrogens with zero attached hydrogens (tertiary/aromatic N) is 2. The third-order valence-corrected chi connectivity index (χ3v) is 5.58. The average Bonchev–Trinajstić information content (AvgIpc) is 3.07. The predicted octanol–water partition coefficient (Wildman–Crippen LogP) is 2.49. The molecule has 10 heteroatoms. The number of halogens is 3. The number of imide groups is 1. The van der Waals surface area contributed by atoms with Gasteiger partial charge < -0.3 is 10.2 Å². The van der Waals surface area contributed by atoms with Crippen molar-refractivity contribution >= 4 is 38.6 Å². The SMILES string of the molecule is O=C1NC(=O)C2(CCCN(c3nc4cc(C(F)(F)F)ccc4s3)C2)N1. The first-order chi connectivity index (χ1) is 11.8. The molecule has 4 rings (SSSR count). The van der Waals surface area contributed by atoms with Crippen LogP contribution in [0.4, 0.5) is 23.1 Å². The van der Waals surface area contributed by atoms with Crippen LogP contribution >= 0.6 is 11.3 Å². The zero-order chi connectivity index (χ0) is 17.8. The molecule has 2 N–H and O–H groups in total. The second-order valence-corrected chi connectivity index (χ2v) is 7.20. The van der Waals surface area contributed by atoms with Crippen LogP contribution in [0.2, 0.25) is 0 Å². The summed E-state index contributed by atoms with van der Waals surface area (Å²) in [7, 11) is 0. The minimum absolute atomic E-state index is 0.247. The van der Waals surface area contributed by atoms with E-state index in [1.807, 2.05) is 4.90 Å². The molecule has 1 atom stereocenters. The Morgan fingerprint density at radius 1 is 1.28 bits per heavy atom. The van der Waals surface area contributed by atoms with Gasteiger partial charge in [0.05, 0.1) is 22.3 Å². The van der Waals surface area contributed by atoms with Crippen LogP contribution in [0.25, 0.3) is 10.2 Å². The fourth-order valence-corrected chi connectivity index (χ4v) is 4.23. The van der Waals surface area contributed by atoms with Gasteiger partial charge in [0.25, 0.3) is 5.91 Å². The maximum absolute atomic E-state index is 12.8. The third kappa shape index (κ3) is 2.70. The number of hydrogen-bond donors (Lipinski definition) is 2. The quantitative estimate of drug-likeness (QED) is 0.757. The minimum Gasteiger partial charge on any atom is -0.345 e. The summed E-state index contributed by atoms with van der Waals surface area (Å²) in [6.07, 6.45) is -3.24. The normalized spacial score (nSPS) is 24.0. The van der Waals surface area contributed by atoms with Crippen LogP contribution in [-0.2, 0) is 11.0 Å².